The molecule has 0 amide bonds. The predicted molar refractivity (Wildman–Crippen MR) is 114 cm³/mol. The molecule has 0 aliphatic heterocycles. The SMILES string of the molecule is [C-]#[N+]c1c(-c2ccccc2)nn(C)c1N=Nc1c(C(C)(C)C)nn2c(C)nn(C)c12. The van der Waals surface area contributed by atoms with Crippen LogP contribution < -0.4 is 0 Å². The lowest BCUT2D eigenvalue weighted by molar-refractivity contribution is 0.561. The van der Waals surface area contributed by atoms with Gasteiger partial charge in [0.2, 0.25) is 0 Å². The van der Waals surface area contributed by atoms with Crippen molar-refractivity contribution in [1.82, 2.24) is 29.2 Å². The van der Waals surface area contributed by atoms with E-state index in [4.69, 9.17) is 11.7 Å². The molecule has 0 N–H and O–H groups in total. The molecule has 0 fully saturated rings. The van der Waals surface area contributed by atoms with Crippen LogP contribution in [0.5, 0.6) is 0 Å². The second-order valence-electron chi connectivity index (χ2n) is 8.18. The largest absolute Gasteiger partial charge is 0.260 e. The molecular weight excluding hydrogens is 378 g/mol. The van der Waals surface area contributed by atoms with Gasteiger partial charge in [0, 0.05) is 19.5 Å². The molecule has 0 bridgehead atoms. The van der Waals surface area contributed by atoms with Crippen LogP contribution in [0.15, 0.2) is 40.6 Å². The van der Waals surface area contributed by atoms with Crippen molar-refractivity contribution in [1.29, 1.82) is 0 Å². The highest BCUT2D eigenvalue weighted by molar-refractivity contribution is 5.82. The number of nitrogens with zero attached hydrogens (tertiary/aromatic N) is 9. The Bertz CT molecular complexity index is 1300. The first-order valence-corrected chi connectivity index (χ1v) is 9.56. The molecule has 0 unspecified atom stereocenters. The molecule has 1 aromatic carbocycles. The number of aromatic nitrogens is 6. The third kappa shape index (κ3) is 3.06. The molecule has 4 rings (SSSR count). The van der Waals surface area contributed by atoms with Gasteiger partial charge in [-0.15, -0.1) is 10.2 Å². The van der Waals surface area contributed by atoms with Gasteiger partial charge < -0.3 is 0 Å². The number of hydrogen-bond donors (Lipinski definition) is 0. The minimum absolute atomic E-state index is 0.239. The van der Waals surface area contributed by atoms with E-state index in [0.29, 0.717) is 22.9 Å². The molecule has 3 heterocycles. The molecule has 9 nitrogen and oxygen atoms in total. The van der Waals surface area contributed by atoms with Crippen LogP contribution >= 0.6 is 0 Å². The van der Waals surface area contributed by atoms with E-state index >= 15 is 0 Å². The van der Waals surface area contributed by atoms with Crippen LogP contribution in [-0.4, -0.2) is 29.2 Å². The first-order valence-electron chi connectivity index (χ1n) is 9.56. The lowest BCUT2D eigenvalue weighted by atomic mass is 9.91. The maximum atomic E-state index is 7.69. The quantitative estimate of drug-likeness (QED) is 0.356. The highest BCUT2D eigenvalue weighted by Crippen LogP contribution is 2.40. The number of hydrogen-bond acceptors (Lipinski definition) is 5. The lowest BCUT2D eigenvalue weighted by Gasteiger charge is -2.15. The van der Waals surface area contributed by atoms with Crippen molar-refractivity contribution in [2.24, 2.45) is 24.3 Å². The molecule has 30 heavy (non-hydrogen) atoms. The van der Waals surface area contributed by atoms with Gasteiger partial charge in [0.25, 0.3) is 5.69 Å². The summed E-state index contributed by atoms with van der Waals surface area (Å²) >= 11 is 0. The molecule has 0 radical (unpaired) electrons. The third-order valence-corrected chi connectivity index (χ3v) is 4.85. The Morgan fingerprint density at radius 3 is 2.30 bits per heavy atom. The van der Waals surface area contributed by atoms with Crippen LogP contribution in [0.4, 0.5) is 17.2 Å². The maximum absolute atomic E-state index is 7.69. The van der Waals surface area contributed by atoms with Crippen LogP contribution in [0, 0.1) is 13.5 Å². The summed E-state index contributed by atoms with van der Waals surface area (Å²) in [5.41, 5.74) is 3.81. The summed E-state index contributed by atoms with van der Waals surface area (Å²) in [5.74, 6) is 1.18. The third-order valence-electron chi connectivity index (χ3n) is 4.85. The van der Waals surface area contributed by atoms with Gasteiger partial charge in [0.1, 0.15) is 11.5 Å². The smallest absolute Gasteiger partial charge is 0.259 e. The number of azo groups is 1. The van der Waals surface area contributed by atoms with E-state index in [9.17, 15) is 0 Å². The second-order valence-corrected chi connectivity index (χ2v) is 8.18. The Balaban J connectivity index is 1.89. The van der Waals surface area contributed by atoms with Gasteiger partial charge in [-0.2, -0.15) is 19.8 Å². The number of fused-ring (bicyclic) bond motifs is 1. The number of benzene rings is 1. The van der Waals surface area contributed by atoms with E-state index in [1.165, 1.54) is 0 Å². The van der Waals surface area contributed by atoms with E-state index in [-0.39, 0.29) is 5.41 Å². The minimum Gasteiger partial charge on any atom is -0.260 e. The summed E-state index contributed by atoms with van der Waals surface area (Å²) in [4.78, 5) is 3.70. The Morgan fingerprint density at radius 1 is 0.967 bits per heavy atom. The normalized spacial score (nSPS) is 12.2. The molecule has 0 spiro atoms. The van der Waals surface area contributed by atoms with E-state index in [2.05, 4.69) is 46.0 Å². The fraction of sp³-hybridized carbons (Fsp3) is 0.333. The van der Waals surface area contributed by atoms with Gasteiger partial charge in [-0.25, -0.2) is 9.53 Å². The summed E-state index contributed by atoms with van der Waals surface area (Å²) in [6.07, 6.45) is 0. The fourth-order valence-corrected chi connectivity index (χ4v) is 3.43. The molecule has 3 aromatic heterocycles. The minimum atomic E-state index is -0.239. The Labute approximate surface area is 174 Å². The van der Waals surface area contributed by atoms with Crippen molar-refractivity contribution < 1.29 is 0 Å². The molecule has 152 valence electrons. The monoisotopic (exact) mass is 401 g/mol. The molecule has 0 atom stereocenters. The summed E-state index contributed by atoms with van der Waals surface area (Å²) in [5, 5.41) is 22.7. The molecular formula is C21H23N9. The standard InChI is InChI=1S/C21H23N9/c1-13-25-29(7)20-17(18(21(2,3)4)27-30(13)20)23-24-19-16(22-5)15(26-28(19)6)14-11-9-8-10-12-14/h8-12H,1-4,6-7H3. The zero-order valence-corrected chi connectivity index (χ0v) is 17.9. The number of rotatable bonds is 3. The van der Waals surface area contributed by atoms with Gasteiger partial charge in [-0.1, -0.05) is 51.1 Å². The van der Waals surface area contributed by atoms with Crippen LogP contribution in [0.2, 0.25) is 0 Å². The van der Waals surface area contributed by atoms with Crippen molar-refractivity contribution in [3.63, 3.8) is 0 Å². The maximum Gasteiger partial charge on any atom is 0.259 e. The topological polar surface area (TPSA) is 82.0 Å². The summed E-state index contributed by atoms with van der Waals surface area (Å²) in [6, 6.07) is 9.62. The van der Waals surface area contributed by atoms with Crippen LogP contribution in [0.1, 0.15) is 32.3 Å². The van der Waals surface area contributed by atoms with Gasteiger partial charge in [-0.05, 0) is 12.5 Å². The van der Waals surface area contributed by atoms with Crippen LogP contribution in [0.3, 0.4) is 0 Å². The predicted octanol–water partition coefficient (Wildman–Crippen LogP) is 5.04. The molecule has 0 saturated heterocycles. The average Bonchev–Trinajstić information content (AvgIpc) is 3.32. The van der Waals surface area contributed by atoms with Crippen LogP contribution in [0.25, 0.3) is 21.7 Å². The van der Waals surface area contributed by atoms with E-state index in [0.717, 1.165) is 22.7 Å². The zero-order chi connectivity index (χ0) is 21.6. The van der Waals surface area contributed by atoms with E-state index in [1.54, 1.807) is 20.9 Å². The summed E-state index contributed by atoms with van der Waals surface area (Å²) < 4.78 is 5.12. The Kier molecular flexibility index (Phi) is 4.50. The number of aryl methyl sites for hydroxylation is 3. The summed E-state index contributed by atoms with van der Waals surface area (Å²) in [6.45, 7) is 15.8. The fourth-order valence-electron chi connectivity index (χ4n) is 3.43. The first kappa shape index (κ1) is 19.5. The highest BCUT2D eigenvalue weighted by Gasteiger charge is 2.28. The van der Waals surface area contributed by atoms with Crippen molar-refractivity contribution in [3.8, 4) is 11.3 Å². The van der Waals surface area contributed by atoms with Gasteiger partial charge in [0.15, 0.2) is 17.2 Å². The van der Waals surface area contributed by atoms with Crippen molar-refractivity contribution in [2.45, 2.75) is 33.1 Å². The van der Waals surface area contributed by atoms with Gasteiger partial charge in [-0.3, -0.25) is 4.68 Å². The Morgan fingerprint density at radius 2 is 1.67 bits per heavy atom. The molecule has 4 aromatic rings. The van der Waals surface area contributed by atoms with Crippen molar-refractivity contribution in [3.05, 3.63) is 53.3 Å². The molecule has 0 aliphatic carbocycles. The van der Waals surface area contributed by atoms with Gasteiger partial charge in [0.05, 0.1) is 12.3 Å². The van der Waals surface area contributed by atoms with Crippen molar-refractivity contribution in [2.75, 3.05) is 0 Å². The van der Waals surface area contributed by atoms with Gasteiger partial charge >= 0.3 is 0 Å². The second kappa shape index (κ2) is 6.91. The van der Waals surface area contributed by atoms with Crippen molar-refractivity contribution >= 4 is 22.8 Å². The molecule has 0 saturated carbocycles. The highest BCUT2D eigenvalue weighted by atomic mass is 15.4. The molecule has 0 aliphatic rings. The zero-order valence-electron chi connectivity index (χ0n) is 17.9. The van der Waals surface area contributed by atoms with E-state index in [1.807, 2.05) is 44.3 Å². The molecule has 9 heteroatoms. The first-order chi connectivity index (χ1) is 14.2. The summed E-state index contributed by atoms with van der Waals surface area (Å²) in [7, 11) is 3.62. The average molecular weight is 401 g/mol. The Hall–Kier alpha value is -3.80. The van der Waals surface area contributed by atoms with E-state index < -0.39 is 0 Å². The van der Waals surface area contributed by atoms with Crippen LogP contribution in [-0.2, 0) is 19.5 Å². The lowest BCUT2D eigenvalue weighted by Crippen LogP contribution is -2.12.